The molecule has 0 radical (unpaired) electrons. The molecule has 1 aliphatic heterocycles. The minimum Gasteiger partial charge on any atom is -0.465 e. The molecule has 0 spiro atoms. The van der Waals surface area contributed by atoms with Gasteiger partial charge >= 0.3 is 5.97 Å². The zero-order chi connectivity index (χ0) is 18.0. The van der Waals surface area contributed by atoms with Crippen molar-refractivity contribution >= 4 is 34.9 Å². The molecule has 0 bridgehead atoms. The molecule has 1 aromatic heterocycles. The summed E-state index contributed by atoms with van der Waals surface area (Å²) in [4.78, 5) is 25.0. The number of carbonyl (C=O) groups is 2. The largest absolute Gasteiger partial charge is 0.465 e. The molecule has 1 atom stereocenters. The lowest BCUT2D eigenvalue weighted by molar-refractivity contribution is -0.151. The molecule has 130 valence electrons. The van der Waals surface area contributed by atoms with E-state index < -0.39 is 17.8 Å². The monoisotopic (exact) mass is 360 g/mol. The van der Waals surface area contributed by atoms with Gasteiger partial charge in [0, 0.05) is 18.5 Å². The van der Waals surface area contributed by atoms with Crippen LogP contribution in [0.3, 0.4) is 0 Å². The van der Waals surface area contributed by atoms with Crippen LogP contribution in [0.2, 0.25) is 5.02 Å². The molecule has 1 unspecified atom stereocenters. The van der Waals surface area contributed by atoms with E-state index in [-0.39, 0.29) is 13.0 Å². The molecule has 0 fully saturated rings. The number of carbonyl (C=O) groups excluding carboxylic acids is 2. The fraction of sp³-hybridized carbons (Fsp3) is 0.294. The average Bonchev–Trinajstić information content (AvgIpc) is 3.02. The Hall–Kier alpha value is -2.67. The van der Waals surface area contributed by atoms with Crippen LogP contribution < -0.4 is 5.01 Å². The van der Waals surface area contributed by atoms with E-state index in [9.17, 15) is 9.59 Å². The Bertz CT molecular complexity index is 829. The lowest BCUT2D eigenvalue weighted by atomic mass is 9.95. The van der Waals surface area contributed by atoms with Gasteiger partial charge in [-0.1, -0.05) is 23.7 Å². The van der Waals surface area contributed by atoms with Crippen molar-refractivity contribution < 1.29 is 14.3 Å². The summed E-state index contributed by atoms with van der Waals surface area (Å²) in [5.41, 5.74) is 1.89. The second-order valence-corrected chi connectivity index (χ2v) is 6.02. The second kappa shape index (κ2) is 7.06. The summed E-state index contributed by atoms with van der Waals surface area (Å²) in [6.07, 6.45) is 3.36. The molecule has 25 heavy (non-hydrogen) atoms. The Morgan fingerprint density at radius 3 is 2.68 bits per heavy atom. The van der Waals surface area contributed by atoms with Gasteiger partial charge in [0.05, 0.1) is 24.7 Å². The van der Waals surface area contributed by atoms with E-state index in [4.69, 9.17) is 16.3 Å². The van der Waals surface area contributed by atoms with Crippen LogP contribution in [0.25, 0.3) is 0 Å². The minimum absolute atomic E-state index is 0.177. The molecular formula is C17H17ClN4O3. The molecule has 0 N–H and O–H groups in total. The quantitative estimate of drug-likeness (QED) is 0.619. The van der Waals surface area contributed by atoms with Crippen molar-refractivity contribution in [2.45, 2.75) is 13.3 Å². The highest BCUT2D eigenvalue weighted by molar-refractivity contribution is 6.30. The molecule has 2 heterocycles. The Morgan fingerprint density at radius 1 is 1.36 bits per heavy atom. The van der Waals surface area contributed by atoms with E-state index in [2.05, 4.69) is 10.2 Å². The number of amides is 1. The standard InChI is InChI=1S/C17H17ClN4O3/c1-3-25-17(24)14-8-15(11-4-6-12(18)7-5-11)20-22(16(14)23)13-9-19-21(2)10-13/h4-7,9-10,14H,3,8H2,1-2H3. The first kappa shape index (κ1) is 17.2. The van der Waals surface area contributed by atoms with Crippen LogP contribution in [0, 0.1) is 5.92 Å². The predicted octanol–water partition coefficient (Wildman–Crippen LogP) is 2.39. The SMILES string of the molecule is CCOC(=O)C1CC(c2ccc(Cl)cc2)=NN(c2cnn(C)c2)C1=O. The van der Waals surface area contributed by atoms with Crippen LogP contribution in [0.15, 0.2) is 41.8 Å². The van der Waals surface area contributed by atoms with E-state index in [0.717, 1.165) is 5.56 Å². The number of esters is 1. The van der Waals surface area contributed by atoms with Crippen LogP contribution in [-0.2, 0) is 21.4 Å². The predicted molar refractivity (Wildman–Crippen MR) is 93.4 cm³/mol. The first-order valence-electron chi connectivity index (χ1n) is 7.82. The molecule has 1 aliphatic rings. The van der Waals surface area contributed by atoms with Crippen molar-refractivity contribution in [1.82, 2.24) is 9.78 Å². The maximum Gasteiger partial charge on any atom is 0.318 e. The summed E-state index contributed by atoms with van der Waals surface area (Å²) < 4.78 is 6.62. The summed E-state index contributed by atoms with van der Waals surface area (Å²) in [6, 6.07) is 7.09. The maximum atomic E-state index is 12.7. The van der Waals surface area contributed by atoms with Gasteiger partial charge in [-0.25, -0.2) is 0 Å². The molecule has 0 saturated heterocycles. The van der Waals surface area contributed by atoms with Crippen LogP contribution in [0.1, 0.15) is 18.9 Å². The van der Waals surface area contributed by atoms with Crippen LogP contribution in [0.5, 0.6) is 0 Å². The summed E-state index contributed by atoms with van der Waals surface area (Å²) in [5.74, 6) is -1.92. The van der Waals surface area contributed by atoms with E-state index in [1.807, 2.05) is 0 Å². The first-order chi connectivity index (χ1) is 12.0. The maximum absolute atomic E-state index is 12.7. The van der Waals surface area contributed by atoms with Crippen LogP contribution in [-0.4, -0.2) is 34.0 Å². The number of anilines is 1. The van der Waals surface area contributed by atoms with Crippen molar-refractivity contribution in [1.29, 1.82) is 0 Å². The topological polar surface area (TPSA) is 76.8 Å². The third-order valence-electron chi connectivity index (χ3n) is 3.81. The smallest absolute Gasteiger partial charge is 0.318 e. The van der Waals surface area contributed by atoms with Gasteiger partial charge in [-0.05, 0) is 24.6 Å². The molecule has 8 heteroatoms. The molecule has 0 aliphatic carbocycles. The fourth-order valence-corrected chi connectivity index (χ4v) is 2.71. The number of halogens is 1. The van der Waals surface area contributed by atoms with Gasteiger partial charge in [-0.2, -0.15) is 15.2 Å². The number of aryl methyl sites for hydroxylation is 1. The number of hydrogen-bond acceptors (Lipinski definition) is 5. The number of ether oxygens (including phenoxy) is 1. The normalized spacial score (nSPS) is 17.4. The van der Waals surface area contributed by atoms with Crippen LogP contribution >= 0.6 is 11.6 Å². The number of nitrogens with zero attached hydrogens (tertiary/aromatic N) is 4. The molecule has 3 rings (SSSR count). The molecule has 2 aromatic rings. The van der Waals surface area contributed by atoms with Gasteiger partial charge in [-0.3, -0.25) is 14.3 Å². The Labute approximate surface area is 149 Å². The lowest BCUT2D eigenvalue weighted by Gasteiger charge is -2.27. The lowest BCUT2D eigenvalue weighted by Crippen LogP contribution is -2.43. The van der Waals surface area contributed by atoms with Gasteiger partial charge in [0.2, 0.25) is 0 Å². The number of hydrazone groups is 1. The van der Waals surface area contributed by atoms with Crippen molar-refractivity contribution in [3.05, 3.63) is 47.2 Å². The second-order valence-electron chi connectivity index (χ2n) is 5.58. The van der Waals surface area contributed by atoms with Gasteiger partial charge < -0.3 is 4.74 Å². The van der Waals surface area contributed by atoms with Gasteiger partial charge in [0.15, 0.2) is 0 Å². The number of benzene rings is 1. The number of rotatable bonds is 4. The number of aromatic nitrogens is 2. The third kappa shape index (κ3) is 3.56. The van der Waals surface area contributed by atoms with E-state index in [1.165, 1.54) is 11.2 Å². The Balaban J connectivity index is 2.02. The Morgan fingerprint density at radius 2 is 2.08 bits per heavy atom. The molecule has 1 aromatic carbocycles. The summed E-state index contributed by atoms with van der Waals surface area (Å²) in [7, 11) is 1.74. The van der Waals surface area contributed by atoms with Crippen molar-refractivity contribution in [3.63, 3.8) is 0 Å². The van der Waals surface area contributed by atoms with E-state index >= 15 is 0 Å². The summed E-state index contributed by atoms with van der Waals surface area (Å²) in [6.45, 7) is 1.92. The van der Waals surface area contributed by atoms with E-state index in [1.54, 1.807) is 49.1 Å². The average molecular weight is 361 g/mol. The van der Waals surface area contributed by atoms with Gasteiger partial charge in [-0.15, -0.1) is 0 Å². The van der Waals surface area contributed by atoms with E-state index in [0.29, 0.717) is 16.4 Å². The minimum atomic E-state index is -0.941. The summed E-state index contributed by atoms with van der Waals surface area (Å²) >= 11 is 5.93. The molecule has 1 amide bonds. The van der Waals surface area contributed by atoms with Gasteiger partial charge in [0.25, 0.3) is 5.91 Å². The van der Waals surface area contributed by atoms with Crippen LogP contribution in [0.4, 0.5) is 5.69 Å². The highest BCUT2D eigenvalue weighted by atomic mass is 35.5. The molecule has 7 nitrogen and oxygen atoms in total. The Kier molecular flexibility index (Phi) is 4.85. The molecular weight excluding hydrogens is 344 g/mol. The first-order valence-corrected chi connectivity index (χ1v) is 8.20. The number of hydrogen-bond donors (Lipinski definition) is 0. The highest BCUT2D eigenvalue weighted by Gasteiger charge is 2.38. The zero-order valence-corrected chi connectivity index (χ0v) is 14.6. The fourth-order valence-electron chi connectivity index (χ4n) is 2.59. The highest BCUT2D eigenvalue weighted by Crippen LogP contribution is 2.26. The third-order valence-corrected chi connectivity index (χ3v) is 4.06. The van der Waals surface area contributed by atoms with Crippen molar-refractivity contribution in [2.24, 2.45) is 18.1 Å². The van der Waals surface area contributed by atoms with Crippen molar-refractivity contribution in [3.8, 4) is 0 Å². The molecule has 0 saturated carbocycles. The zero-order valence-electron chi connectivity index (χ0n) is 13.8. The summed E-state index contributed by atoms with van der Waals surface area (Å²) in [5, 5.41) is 10.3. The van der Waals surface area contributed by atoms with Crippen molar-refractivity contribution in [2.75, 3.05) is 11.6 Å². The van der Waals surface area contributed by atoms with Gasteiger partial charge in [0.1, 0.15) is 11.6 Å².